The van der Waals surface area contributed by atoms with Gasteiger partial charge < -0.3 is 5.32 Å². The first-order chi connectivity index (χ1) is 12.9. The fraction of sp³-hybridized carbons (Fsp3) is 0.400. The fourth-order valence-corrected chi connectivity index (χ4v) is 5.89. The summed E-state index contributed by atoms with van der Waals surface area (Å²) >= 11 is 1.80. The van der Waals surface area contributed by atoms with Gasteiger partial charge in [0.15, 0.2) is 0 Å². The predicted molar refractivity (Wildman–Crippen MR) is 108 cm³/mol. The van der Waals surface area contributed by atoms with Crippen molar-refractivity contribution in [2.45, 2.75) is 30.3 Å². The summed E-state index contributed by atoms with van der Waals surface area (Å²) in [5.74, 6) is 0.779. The molecule has 150 valence electrons. The molecule has 1 spiro atoms. The van der Waals surface area contributed by atoms with E-state index in [1.807, 2.05) is 18.4 Å². The Morgan fingerprint density at radius 1 is 1.29 bits per heavy atom. The van der Waals surface area contributed by atoms with E-state index >= 15 is 0 Å². The lowest BCUT2D eigenvalue weighted by Gasteiger charge is -2.39. The molecule has 0 aromatic heterocycles. The van der Waals surface area contributed by atoms with Gasteiger partial charge >= 0.3 is 6.18 Å². The summed E-state index contributed by atoms with van der Waals surface area (Å²) in [6.45, 7) is 0.231. The quantitative estimate of drug-likeness (QED) is 0.752. The van der Waals surface area contributed by atoms with Crippen LogP contribution in [0.1, 0.15) is 24.0 Å². The molecule has 1 amide bonds. The third-order valence-electron chi connectivity index (χ3n) is 5.52. The van der Waals surface area contributed by atoms with Gasteiger partial charge in [-0.15, -0.1) is 24.2 Å². The zero-order chi connectivity index (χ0) is 19.1. The number of hydrogen-bond donors (Lipinski definition) is 1. The number of allylic oxidation sites excluding steroid dienone is 3. The van der Waals surface area contributed by atoms with Gasteiger partial charge in [0, 0.05) is 18.5 Å². The Hall–Kier alpha value is -1.73. The Kier molecular flexibility index (Phi) is 5.96. The number of aliphatic imine (C=N–C) groups is 1. The lowest BCUT2D eigenvalue weighted by atomic mass is 9.73. The van der Waals surface area contributed by atoms with Crippen molar-refractivity contribution in [1.82, 2.24) is 5.32 Å². The first kappa shape index (κ1) is 21.0. The Bertz CT molecular complexity index is 835. The van der Waals surface area contributed by atoms with Gasteiger partial charge in [-0.1, -0.05) is 24.3 Å². The normalized spacial score (nSPS) is 28.0. The van der Waals surface area contributed by atoms with Gasteiger partial charge in [-0.05, 0) is 42.5 Å². The summed E-state index contributed by atoms with van der Waals surface area (Å²) in [5.41, 5.74) is 1.02. The van der Waals surface area contributed by atoms with Crippen LogP contribution in [0.25, 0.3) is 0 Å². The summed E-state index contributed by atoms with van der Waals surface area (Å²) in [6, 6.07) is 4.91. The van der Waals surface area contributed by atoms with E-state index in [4.69, 9.17) is 0 Å². The first-order valence-electron chi connectivity index (χ1n) is 8.88. The molecule has 4 rings (SSSR count). The molecule has 28 heavy (non-hydrogen) atoms. The molecule has 1 aliphatic carbocycles. The highest BCUT2D eigenvalue weighted by Crippen LogP contribution is 2.57. The number of hydrogen-bond acceptors (Lipinski definition) is 3. The van der Waals surface area contributed by atoms with Crippen LogP contribution in [0.2, 0.25) is 0 Å². The number of nitrogens with zero attached hydrogens (tertiary/aromatic N) is 1. The largest absolute Gasteiger partial charge is 0.416 e. The van der Waals surface area contributed by atoms with Crippen molar-refractivity contribution in [3.05, 3.63) is 59.3 Å². The van der Waals surface area contributed by atoms with Crippen molar-refractivity contribution in [3.8, 4) is 0 Å². The average Bonchev–Trinajstić information content (AvgIpc) is 3.04. The maximum absolute atomic E-state index is 12.8. The number of amides is 1. The van der Waals surface area contributed by atoms with Crippen molar-refractivity contribution < 1.29 is 18.0 Å². The van der Waals surface area contributed by atoms with Crippen molar-refractivity contribution in [2.75, 3.05) is 5.75 Å². The molecule has 3 unspecified atom stereocenters. The number of thioether (sulfide) groups is 1. The first-order valence-corrected chi connectivity index (χ1v) is 9.86. The lowest BCUT2D eigenvalue weighted by Crippen LogP contribution is -2.43. The maximum atomic E-state index is 12.8. The van der Waals surface area contributed by atoms with Crippen LogP contribution >= 0.6 is 24.2 Å². The van der Waals surface area contributed by atoms with E-state index in [0.717, 1.165) is 36.4 Å². The van der Waals surface area contributed by atoms with Gasteiger partial charge in [-0.25, -0.2) is 0 Å². The van der Waals surface area contributed by atoms with Crippen LogP contribution < -0.4 is 5.32 Å². The highest BCUT2D eigenvalue weighted by Gasteiger charge is 2.54. The second-order valence-corrected chi connectivity index (χ2v) is 8.41. The van der Waals surface area contributed by atoms with Gasteiger partial charge in [0.2, 0.25) is 5.91 Å². The maximum Gasteiger partial charge on any atom is 0.416 e. The minimum absolute atomic E-state index is 0. The highest BCUT2D eigenvalue weighted by molar-refractivity contribution is 8.01. The van der Waals surface area contributed by atoms with Crippen molar-refractivity contribution in [2.24, 2.45) is 16.8 Å². The molecule has 3 atom stereocenters. The Balaban J connectivity index is 0.00000225. The number of alkyl halides is 3. The molecule has 1 fully saturated rings. The minimum atomic E-state index is -4.35. The Morgan fingerprint density at radius 3 is 2.75 bits per heavy atom. The van der Waals surface area contributed by atoms with E-state index in [2.05, 4.69) is 16.4 Å². The van der Waals surface area contributed by atoms with E-state index in [9.17, 15) is 18.0 Å². The molecule has 8 heteroatoms. The van der Waals surface area contributed by atoms with Crippen molar-refractivity contribution in [3.63, 3.8) is 0 Å². The highest BCUT2D eigenvalue weighted by atomic mass is 35.5. The van der Waals surface area contributed by atoms with Crippen LogP contribution in [0.3, 0.4) is 0 Å². The fourth-order valence-electron chi connectivity index (χ4n) is 4.07. The number of nitrogens with one attached hydrogen (secondary N) is 1. The van der Waals surface area contributed by atoms with Gasteiger partial charge in [-0.2, -0.15) is 13.2 Å². The molecule has 3 aliphatic rings. The van der Waals surface area contributed by atoms with Crippen LogP contribution in [0.5, 0.6) is 0 Å². The monoisotopic (exact) mass is 428 g/mol. The summed E-state index contributed by atoms with van der Waals surface area (Å²) in [7, 11) is 0. The molecule has 1 saturated heterocycles. The molecule has 2 aliphatic heterocycles. The second kappa shape index (κ2) is 7.95. The number of rotatable bonds is 3. The summed E-state index contributed by atoms with van der Waals surface area (Å²) < 4.78 is 37.8. The smallest absolute Gasteiger partial charge is 0.352 e. The summed E-state index contributed by atoms with van der Waals surface area (Å²) in [4.78, 5) is 17.3. The lowest BCUT2D eigenvalue weighted by molar-refractivity contribution is -0.137. The number of benzene rings is 1. The van der Waals surface area contributed by atoms with Crippen LogP contribution in [-0.4, -0.2) is 22.6 Å². The Labute approximate surface area is 172 Å². The van der Waals surface area contributed by atoms with E-state index < -0.39 is 11.7 Å². The van der Waals surface area contributed by atoms with E-state index in [0.29, 0.717) is 5.56 Å². The van der Waals surface area contributed by atoms with Crippen LogP contribution in [-0.2, 0) is 17.5 Å². The van der Waals surface area contributed by atoms with E-state index in [1.54, 1.807) is 11.8 Å². The van der Waals surface area contributed by atoms with Crippen LogP contribution in [0.4, 0.5) is 13.2 Å². The third kappa shape index (κ3) is 3.74. The zero-order valence-electron chi connectivity index (χ0n) is 14.9. The minimum Gasteiger partial charge on any atom is -0.352 e. The third-order valence-corrected chi connectivity index (χ3v) is 7.24. The number of carbonyl (C=O) groups excluding carboxylic acids is 1. The summed E-state index contributed by atoms with van der Waals surface area (Å²) in [6.07, 6.45) is 5.38. The zero-order valence-corrected chi connectivity index (χ0v) is 16.5. The number of halogens is 4. The molecule has 0 saturated carbocycles. The molecule has 1 aromatic carbocycles. The topological polar surface area (TPSA) is 41.5 Å². The molecule has 0 bridgehead atoms. The molecule has 1 N–H and O–H groups in total. The SMILES string of the molecule is Cl.O=C(NCc1ccc(C(F)(F)F)cc1)C1CSC23CC=CC=C2N=CCC13. The molecular formula is C20H20ClF3N2OS. The molecule has 2 heterocycles. The Morgan fingerprint density at radius 2 is 2.04 bits per heavy atom. The van der Waals surface area contributed by atoms with E-state index in [1.165, 1.54) is 12.1 Å². The summed E-state index contributed by atoms with van der Waals surface area (Å²) in [5, 5.41) is 2.91. The average molecular weight is 429 g/mol. The van der Waals surface area contributed by atoms with Crippen LogP contribution in [0, 0.1) is 11.8 Å². The van der Waals surface area contributed by atoms with Gasteiger partial charge in [0.05, 0.1) is 21.9 Å². The molecule has 3 nitrogen and oxygen atoms in total. The van der Waals surface area contributed by atoms with E-state index in [-0.39, 0.29) is 41.4 Å². The van der Waals surface area contributed by atoms with Gasteiger partial charge in [-0.3, -0.25) is 9.79 Å². The van der Waals surface area contributed by atoms with Gasteiger partial charge in [0.1, 0.15) is 0 Å². The predicted octanol–water partition coefficient (Wildman–Crippen LogP) is 4.78. The van der Waals surface area contributed by atoms with Crippen molar-refractivity contribution >= 4 is 36.3 Å². The molecular weight excluding hydrogens is 409 g/mol. The molecule has 0 radical (unpaired) electrons. The molecule has 1 aromatic rings. The van der Waals surface area contributed by atoms with Gasteiger partial charge in [0.25, 0.3) is 0 Å². The number of carbonyl (C=O) groups is 1. The second-order valence-electron chi connectivity index (χ2n) is 7.06. The standard InChI is InChI=1S/C20H19F3N2OS.ClH/c21-20(22,23)14-6-4-13(5-7-14)11-25-18(26)15-12-27-19-9-2-1-3-17(19)24-10-8-16(15)19;/h1-7,10,15-16H,8-9,11-12H2,(H,25,26);1H. The van der Waals surface area contributed by atoms with Crippen molar-refractivity contribution in [1.29, 1.82) is 0 Å². The van der Waals surface area contributed by atoms with Crippen LogP contribution in [0.15, 0.2) is 53.2 Å².